The summed E-state index contributed by atoms with van der Waals surface area (Å²) in [5, 5.41) is 0. The van der Waals surface area contributed by atoms with Gasteiger partial charge in [0.15, 0.2) is 6.10 Å². The van der Waals surface area contributed by atoms with Crippen LogP contribution in [0, 0.1) is 0 Å². The number of allylic oxidation sites excluding steroid dienone is 14. The third-order valence-corrected chi connectivity index (χ3v) is 9.78. The maximum atomic E-state index is 12.7. The fourth-order valence-corrected chi connectivity index (χ4v) is 6.22. The molecule has 1 atom stereocenters. The van der Waals surface area contributed by atoms with Gasteiger partial charge in [-0.25, -0.2) is 0 Å². The fraction of sp³-hybridized carbons (Fsp3) is 0.673. The van der Waals surface area contributed by atoms with Gasteiger partial charge < -0.3 is 14.2 Å². The molecular formula is C52H86O6. The number of carbonyl (C=O) groups is 3. The quantitative estimate of drug-likeness (QED) is 0.0201. The summed E-state index contributed by atoms with van der Waals surface area (Å²) in [6.45, 7) is 6.38. The van der Waals surface area contributed by atoms with Gasteiger partial charge in [-0.1, -0.05) is 215 Å². The van der Waals surface area contributed by atoms with Crippen molar-refractivity contribution >= 4 is 17.9 Å². The van der Waals surface area contributed by atoms with E-state index in [9.17, 15) is 14.4 Å². The molecule has 58 heavy (non-hydrogen) atoms. The summed E-state index contributed by atoms with van der Waals surface area (Å²) in [4.78, 5) is 37.8. The first-order valence-corrected chi connectivity index (χ1v) is 23.7. The van der Waals surface area contributed by atoms with Crippen molar-refractivity contribution < 1.29 is 28.6 Å². The smallest absolute Gasteiger partial charge is 0.306 e. The summed E-state index contributed by atoms with van der Waals surface area (Å²) < 4.78 is 16.6. The molecule has 0 amide bonds. The van der Waals surface area contributed by atoms with Crippen LogP contribution in [0.2, 0.25) is 0 Å². The molecule has 0 spiro atoms. The van der Waals surface area contributed by atoms with E-state index in [1.54, 1.807) is 0 Å². The zero-order chi connectivity index (χ0) is 42.3. The molecule has 0 aliphatic heterocycles. The molecule has 0 radical (unpaired) electrons. The van der Waals surface area contributed by atoms with E-state index in [4.69, 9.17) is 14.2 Å². The second-order valence-corrected chi connectivity index (χ2v) is 15.4. The average molecular weight is 807 g/mol. The molecule has 0 aromatic carbocycles. The molecule has 0 saturated heterocycles. The minimum absolute atomic E-state index is 0.112. The van der Waals surface area contributed by atoms with E-state index in [0.717, 1.165) is 64.2 Å². The number of rotatable bonds is 41. The van der Waals surface area contributed by atoms with Crippen LogP contribution in [0.3, 0.4) is 0 Å². The van der Waals surface area contributed by atoms with E-state index in [1.165, 1.54) is 96.3 Å². The highest BCUT2D eigenvalue weighted by molar-refractivity contribution is 5.71. The van der Waals surface area contributed by atoms with Crippen molar-refractivity contribution in [2.75, 3.05) is 13.2 Å². The van der Waals surface area contributed by atoms with Crippen LogP contribution in [0.1, 0.15) is 207 Å². The van der Waals surface area contributed by atoms with Crippen molar-refractivity contribution in [3.63, 3.8) is 0 Å². The summed E-state index contributed by atoms with van der Waals surface area (Å²) in [5.41, 5.74) is 0. The maximum absolute atomic E-state index is 12.7. The molecule has 6 nitrogen and oxygen atoms in total. The van der Waals surface area contributed by atoms with Crippen LogP contribution < -0.4 is 0 Å². The van der Waals surface area contributed by atoms with Crippen LogP contribution in [0.15, 0.2) is 85.1 Å². The normalized spacial score (nSPS) is 12.8. The predicted octanol–water partition coefficient (Wildman–Crippen LogP) is 15.3. The topological polar surface area (TPSA) is 78.9 Å². The highest BCUT2D eigenvalue weighted by Crippen LogP contribution is 2.14. The molecule has 0 saturated carbocycles. The summed E-state index contributed by atoms with van der Waals surface area (Å²) >= 11 is 0. The summed E-state index contributed by atoms with van der Waals surface area (Å²) in [7, 11) is 0. The maximum Gasteiger partial charge on any atom is 0.306 e. The van der Waals surface area contributed by atoms with E-state index in [0.29, 0.717) is 19.3 Å². The zero-order valence-corrected chi connectivity index (χ0v) is 37.5. The SMILES string of the molecule is CC\C=C/C=C\C=C/C=C\C=C/CCCCCC(=O)OCC(COC(=O)CCCCCCCCCCCCCC)OC(=O)CC/C=C\C/C=C\CCCCCCCC. The molecule has 0 bridgehead atoms. The molecule has 0 N–H and O–H groups in total. The lowest BCUT2D eigenvalue weighted by Crippen LogP contribution is -2.30. The number of hydrogen-bond donors (Lipinski definition) is 0. The summed E-state index contributed by atoms with van der Waals surface area (Å²) in [5.74, 6) is -1.03. The van der Waals surface area contributed by atoms with E-state index in [2.05, 4.69) is 51.2 Å². The molecule has 0 heterocycles. The third-order valence-electron chi connectivity index (χ3n) is 9.78. The Balaban J connectivity index is 4.54. The first kappa shape index (κ1) is 54.6. The Morgan fingerprint density at radius 2 is 0.776 bits per heavy atom. The van der Waals surface area contributed by atoms with Gasteiger partial charge in [0.25, 0.3) is 0 Å². The van der Waals surface area contributed by atoms with E-state index >= 15 is 0 Å². The minimum atomic E-state index is -0.821. The number of carbonyl (C=O) groups excluding carboxylic acids is 3. The Morgan fingerprint density at radius 1 is 0.379 bits per heavy atom. The summed E-state index contributed by atoms with van der Waals surface area (Å²) in [6.07, 6.45) is 58.6. The predicted molar refractivity (Wildman–Crippen MR) is 247 cm³/mol. The van der Waals surface area contributed by atoms with Crippen LogP contribution in [-0.4, -0.2) is 37.2 Å². The Labute approximate surface area is 356 Å². The van der Waals surface area contributed by atoms with Gasteiger partial charge in [0.05, 0.1) is 0 Å². The van der Waals surface area contributed by atoms with Crippen molar-refractivity contribution in [1.82, 2.24) is 0 Å². The van der Waals surface area contributed by atoms with Gasteiger partial charge in [0.1, 0.15) is 13.2 Å². The number of esters is 3. The van der Waals surface area contributed by atoms with Crippen LogP contribution in [0.25, 0.3) is 0 Å². The van der Waals surface area contributed by atoms with Gasteiger partial charge in [-0.2, -0.15) is 0 Å². The van der Waals surface area contributed by atoms with Gasteiger partial charge in [-0.05, 0) is 57.8 Å². The second kappa shape index (κ2) is 46.3. The van der Waals surface area contributed by atoms with Gasteiger partial charge >= 0.3 is 17.9 Å². The lowest BCUT2D eigenvalue weighted by molar-refractivity contribution is -0.166. The number of ether oxygens (including phenoxy) is 3. The van der Waals surface area contributed by atoms with E-state index in [1.807, 2.05) is 54.7 Å². The van der Waals surface area contributed by atoms with Crippen LogP contribution in [-0.2, 0) is 28.6 Å². The van der Waals surface area contributed by atoms with Crippen LogP contribution >= 0.6 is 0 Å². The number of unbranched alkanes of at least 4 members (excludes halogenated alkanes) is 20. The third kappa shape index (κ3) is 43.7. The molecule has 6 heteroatoms. The zero-order valence-electron chi connectivity index (χ0n) is 37.5. The molecular weight excluding hydrogens is 721 g/mol. The highest BCUT2D eigenvalue weighted by Gasteiger charge is 2.19. The van der Waals surface area contributed by atoms with Crippen molar-refractivity contribution in [1.29, 1.82) is 0 Å². The Kier molecular flexibility index (Phi) is 43.6. The second-order valence-electron chi connectivity index (χ2n) is 15.4. The largest absolute Gasteiger partial charge is 0.462 e. The first-order chi connectivity index (χ1) is 28.5. The van der Waals surface area contributed by atoms with Gasteiger partial charge in [-0.15, -0.1) is 0 Å². The summed E-state index contributed by atoms with van der Waals surface area (Å²) in [6, 6.07) is 0. The van der Waals surface area contributed by atoms with Crippen LogP contribution in [0.5, 0.6) is 0 Å². The van der Waals surface area contributed by atoms with Crippen molar-refractivity contribution in [2.45, 2.75) is 213 Å². The van der Waals surface area contributed by atoms with Crippen molar-refractivity contribution in [3.8, 4) is 0 Å². The van der Waals surface area contributed by atoms with Crippen molar-refractivity contribution in [3.05, 3.63) is 85.1 Å². The molecule has 1 unspecified atom stereocenters. The fourth-order valence-electron chi connectivity index (χ4n) is 6.22. The lowest BCUT2D eigenvalue weighted by Gasteiger charge is -2.18. The van der Waals surface area contributed by atoms with E-state index in [-0.39, 0.29) is 31.6 Å². The lowest BCUT2D eigenvalue weighted by atomic mass is 10.0. The molecule has 0 aliphatic carbocycles. The molecule has 0 rings (SSSR count). The standard InChI is InChI=1S/C52H86O6/c1-4-7-10-13-16-19-22-25-26-28-30-33-36-39-42-45-51(54)57-48-49(47-56-50(53)44-41-38-35-32-29-24-21-18-15-12-9-6-3)58-52(55)46-43-40-37-34-31-27-23-20-17-14-11-8-5-2/h7,10,13,16,19,22,25-28,30-31,37,40,49H,4-6,8-9,11-12,14-15,17-18,20-21,23-24,29,32-36,38-39,41-48H2,1-3H3/b10-7-,16-13-,22-19-,26-25-,30-28-,31-27-,40-37-. The average Bonchev–Trinajstić information content (AvgIpc) is 3.22. The molecule has 0 aromatic heterocycles. The number of hydrogen-bond acceptors (Lipinski definition) is 6. The van der Waals surface area contributed by atoms with Crippen molar-refractivity contribution in [2.24, 2.45) is 0 Å². The molecule has 0 fully saturated rings. The van der Waals surface area contributed by atoms with Gasteiger partial charge in [-0.3, -0.25) is 14.4 Å². The molecule has 330 valence electrons. The first-order valence-electron chi connectivity index (χ1n) is 23.7. The minimum Gasteiger partial charge on any atom is -0.462 e. The Morgan fingerprint density at radius 3 is 1.28 bits per heavy atom. The van der Waals surface area contributed by atoms with Crippen LogP contribution in [0.4, 0.5) is 0 Å². The Hall–Kier alpha value is -3.41. The monoisotopic (exact) mass is 807 g/mol. The molecule has 0 aromatic rings. The molecule has 0 aliphatic rings. The highest BCUT2D eigenvalue weighted by atomic mass is 16.6. The van der Waals surface area contributed by atoms with E-state index < -0.39 is 12.1 Å². The van der Waals surface area contributed by atoms with Gasteiger partial charge in [0.2, 0.25) is 0 Å². The van der Waals surface area contributed by atoms with Gasteiger partial charge in [0, 0.05) is 19.3 Å². The Bertz CT molecular complexity index is 1160.